The Labute approximate surface area is 121 Å². The summed E-state index contributed by atoms with van der Waals surface area (Å²) in [4.78, 5) is 5.56. The second-order valence-electron chi connectivity index (χ2n) is 5.22. The van der Waals surface area contributed by atoms with E-state index in [0.717, 1.165) is 12.5 Å². The molecule has 0 atom stereocenters. The van der Waals surface area contributed by atoms with Gasteiger partial charge >= 0.3 is 0 Å². The molecule has 104 valence electrons. The molecule has 1 aromatic heterocycles. The smallest absolute Gasteiger partial charge is 0.0244 e. The first-order valence-corrected chi connectivity index (χ1v) is 7.43. The minimum absolute atomic E-state index is 0. The van der Waals surface area contributed by atoms with Crippen LogP contribution in [0.15, 0.2) is 6.07 Å². The summed E-state index contributed by atoms with van der Waals surface area (Å²) < 4.78 is 0. The number of nitrogens with one attached hydrogen (secondary N) is 1. The fourth-order valence-corrected chi connectivity index (χ4v) is 3.66. The van der Waals surface area contributed by atoms with Crippen molar-refractivity contribution in [2.24, 2.45) is 5.92 Å². The average molecular weight is 289 g/mol. The normalized spacial score (nSPS) is 17.7. The summed E-state index contributed by atoms with van der Waals surface area (Å²) in [5.41, 5.74) is 1.54. The maximum atomic E-state index is 3.30. The molecular formula is C14H25ClN2S. The van der Waals surface area contributed by atoms with Gasteiger partial charge in [0.15, 0.2) is 0 Å². The van der Waals surface area contributed by atoms with E-state index in [0.29, 0.717) is 0 Å². The van der Waals surface area contributed by atoms with Crippen molar-refractivity contribution in [3.05, 3.63) is 21.4 Å². The van der Waals surface area contributed by atoms with Gasteiger partial charge < -0.3 is 5.32 Å². The van der Waals surface area contributed by atoms with E-state index in [4.69, 9.17) is 0 Å². The molecule has 2 heterocycles. The topological polar surface area (TPSA) is 15.3 Å². The average Bonchev–Trinajstić information content (AvgIpc) is 2.61. The zero-order chi connectivity index (χ0) is 12.3. The highest BCUT2D eigenvalue weighted by molar-refractivity contribution is 7.12. The number of thiophene rings is 1. The molecule has 2 rings (SSSR count). The third-order valence-electron chi connectivity index (χ3n) is 3.74. The number of rotatable bonds is 4. The van der Waals surface area contributed by atoms with Crippen LogP contribution in [-0.2, 0) is 6.54 Å². The number of nitrogens with zero attached hydrogens (tertiary/aromatic N) is 1. The van der Waals surface area contributed by atoms with Crippen molar-refractivity contribution in [3.63, 3.8) is 0 Å². The Bertz CT molecular complexity index is 357. The van der Waals surface area contributed by atoms with Gasteiger partial charge in [0.25, 0.3) is 0 Å². The monoisotopic (exact) mass is 288 g/mol. The van der Waals surface area contributed by atoms with E-state index in [9.17, 15) is 0 Å². The van der Waals surface area contributed by atoms with Gasteiger partial charge in [-0.2, -0.15) is 0 Å². The van der Waals surface area contributed by atoms with E-state index in [1.165, 1.54) is 42.2 Å². The SMILES string of the molecule is CNCC1CCN(Cc2cc(C)sc2C)CC1.Cl. The Hall–Kier alpha value is -0.0900. The van der Waals surface area contributed by atoms with Gasteiger partial charge in [0.2, 0.25) is 0 Å². The number of halogens is 1. The van der Waals surface area contributed by atoms with Crippen LogP contribution in [0.3, 0.4) is 0 Å². The standard InChI is InChI=1S/C14H24N2S.ClH/c1-11-8-14(12(2)17-11)10-16-6-4-13(5-7-16)9-15-3;/h8,13,15H,4-7,9-10H2,1-3H3;1H. The maximum absolute atomic E-state index is 3.30. The molecule has 1 aliphatic rings. The van der Waals surface area contributed by atoms with Crippen LogP contribution in [0, 0.1) is 19.8 Å². The Morgan fingerprint density at radius 1 is 1.33 bits per heavy atom. The lowest BCUT2D eigenvalue weighted by molar-refractivity contribution is 0.176. The molecule has 1 saturated heterocycles. The molecular weight excluding hydrogens is 264 g/mol. The zero-order valence-corrected chi connectivity index (χ0v) is 13.3. The Kier molecular flexibility index (Phi) is 6.64. The molecule has 4 heteroatoms. The van der Waals surface area contributed by atoms with Crippen LogP contribution in [0.2, 0.25) is 0 Å². The first-order chi connectivity index (χ1) is 8.19. The fourth-order valence-electron chi connectivity index (χ4n) is 2.72. The number of likely N-dealkylation sites (tertiary alicyclic amines) is 1. The molecule has 1 aliphatic heterocycles. The van der Waals surface area contributed by atoms with Crippen LogP contribution in [0.5, 0.6) is 0 Å². The second-order valence-corrected chi connectivity index (χ2v) is 6.68. The number of piperidine rings is 1. The highest BCUT2D eigenvalue weighted by Gasteiger charge is 2.19. The van der Waals surface area contributed by atoms with E-state index in [-0.39, 0.29) is 12.4 Å². The molecule has 0 bridgehead atoms. The molecule has 2 nitrogen and oxygen atoms in total. The lowest BCUT2D eigenvalue weighted by Crippen LogP contribution is -2.36. The second kappa shape index (κ2) is 7.49. The minimum Gasteiger partial charge on any atom is -0.319 e. The molecule has 0 saturated carbocycles. The minimum atomic E-state index is 0. The fraction of sp³-hybridized carbons (Fsp3) is 0.714. The van der Waals surface area contributed by atoms with Crippen molar-refractivity contribution >= 4 is 23.7 Å². The highest BCUT2D eigenvalue weighted by atomic mass is 35.5. The molecule has 0 aromatic carbocycles. The van der Waals surface area contributed by atoms with E-state index < -0.39 is 0 Å². The van der Waals surface area contributed by atoms with Crippen molar-refractivity contribution in [3.8, 4) is 0 Å². The molecule has 0 amide bonds. The Morgan fingerprint density at radius 2 is 2.00 bits per heavy atom. The van der Waals surface area contributed by atoms with Crippen molar-refractivity contribution in [1.29, 1.82) is 0 Å². The van der Waals surface area contributed by atoms with Gasteiger partial charge in [-0.1, -0.05) is 0 Å². The largest absolute Gasteiger partial charge is 0.319 e. The lowest BCUT2D eigenvalue weighted by atomic mass is 9.96. The molecule has 0 spiro atoms. The van der Waals surface area contributed by atoms with Gasteiger partial charge in [0, 0.05) is 16.3 Å². The molecule has 1 fully saturated rings. The van der Waals surface area contributed by atoms with Crippen molar-refractivity contribution in [2.45, 2.75) is 33.2 Å². The third-order valence-corrected chi connectivity index (χ3v) is 4.75. The van der Waals surface area contributed by atoms with E-state index in [2.05, 4.69) is 37.2 Å². The Morgan fingerprint density at radius 3 is 2.50 bits per heavy atom. The van der Waals surface area contributed by atoms with Crippen molar-refractivity contribution in [2.75, 3.05) is 26.7 Å². The molecule has 1 aromatic rings. The predicted molar refractivity (Wildman–Crippen MR) is 83.0 cm³/mol. The quantitative estimate of drug-likeness (QED) is 0.915. The van der Waals surface area contributed by atoms with Gasteiger partial charge in [-0.3, -0.25) is 4.90 Å². The zero-order valence-electron chi connectivity index (χ0n) is 11.7. The van der Waals surface area contributed by atoms with Crippen molar-refractivity contribution < 1.29 is 0 Å². The van der Waals surface area contributed by atoms with Crippen LogP contribution >= 0.6 is 23.7 Å². The number of aryl methyl sites for hydroxylation is 2. The van der Waals surface area contributed by atoms with Gasteiger partial charge in [0.1, 0.15) is 0 Å². The van der Waals surface area contributed by atoms with Crippen LogP contribution in [0.1, 0.15) is 28.2 Å². The predicted octanol–water partition coefficient (Wildman–Crippen LogP) is 3.22. The van der Waals surface area contributed by atoms with Crippen LogP contribution in [0.25, 0.3) is 0 Å². The molecule has 0 unspecified atom stereocenters. The molecule has 0 radical (unpaired) electrons. The summed E-state index contributed by atoms with van der Waals surface area (Å²) in [5, 5.41) is 3.30. The highest BCUT2D eigenvalue weighted by Crippen LogP contribution is 2.24. The third kappa shape index (κ3) is 4.23. The summed E-state index contributed by atoms with van der Waals surface area (Å²) in [6, 6.07) is 2.36. The summed E-state index contributed by atoms with van der Waals surface area (Å²) in [7, 11) is 2.06. The maximum Gasteiger partial charge on any atom is 0.0244 e. The van der Waals surface area contributed by atoms with Crippen LogP contribution in [0.4, 0.5) is 0 Å². The van der Waals surface area contributed by atoms with Gasteiger partial charge in [-0.25, -0.2) is 0 Å². The first kappa shape index (κ1) is 16.0. The molecule has 1 N–H and O–H groups in total. The Balaban J connectivity index is 0.00000162. The summed E-state index contributed by atoms with van der Waals surface area (Å²) in [5.74, 6) is 0.890. The lowest BCUT2D eigenvalue weighted by Gasteiger charge is -2.31. The van der Waals surface area contributed by atoms with E-state index in [1.54, 1.807) is 5.56 Å². The van der Waals surface area contributed by atoms with Gasteiger partial charge in [-0.05, 0) is 70.9 Å². The number of hydrogen-bond donors (Lipinski definition) is 1. The van der Waals surface area contributed by atoms with Crippen molar-refractivity contribution in [1.82, 2.24) is 10.2 Å². The molecule has 18 heavy (non-hydrogen) atoms. The van der Waals surface area contributed by atoms with Gasteiger partial charge in [-0.15, -0.1) is 23.7 Å². The van der Waals surface area contributed by atoms with Crippen LogP contribution in [-0.4, -0.2) is 31.6 Å². The van der Waals surface area contributed by atoms with E-state index >= 15 is 0 Å². The van der Waals surface area contributed by atoms with E-state index in [1.807, 2.05) is 11.3 Å². The number of hydrogen-bond acceptors (Lipinski definition) is 3. The summed E-state index contributed by atoms with van der Waals surface area (Å²) >= 11 is 1.93. The summed E-state index contributed by atoms with van der Waals surface area (Å²) in [6.45, 7) is 9.33. The molecule has 0 aliphatic carbocycles. The summed E-state index contributed by atoms with van der Waals surface area (Å²) in [6.07, 6.45) is 2.70. The first-order valence-electron chi connectivity index (χ1n) is 6.62. The van der Waals surface area contributed by atoms with Crippen LogP contribution < -0.4 is 5.32 Å². The van der Waals surface area contributed by atoms with Gasteiger partial charge in [0.05, 0.1) is 0 Å².